The van der Waals surface area contributed by atoms with Crippen molar-refractivity contribution in [2.24, 2.45) is 0 Å². The predicted molar refractivity (Wildman–Crippen MR) is 29.6 cm³/mol. The molecule has 0 fully saturated rings. The molecule has 0 saturated heterocycles. The zero-order valence-electron chi connectivity index (χ0n) is 2.11. The third kappa shape index (κ3) is 30.8. The Labute approximate surface area is 71.9 Å². The van der Waals surface area contributed by atoms with Gasteiger partial charge in [0, 0.05) is 0 Å². The summed E-state index contributed by atoms with van der Waals surface area (Å²) >= 11 is 8.13. The van der Waals surface area contributed by atoms with Gasteiger partial charge in [0.05, 0.1) is 0 Å². The summed E-state index contributed by atoms with van der Waals surface area (Å²) in [5.41, 5.74) is 0. The molecular weight excluding hydrogens is 358 g/mol. The molecule has 6 heteroatoms. The van der Waals surface area contributed by atoms with Crippen molar-refractivity contribution in [3.8, 4) is 0 Å². The number of rotatable bonds is 0. The van der Waals surface area contributed by atoms with E-state index in [0.29, 0.717) is 0 Å². The zero-order valence-corrected chi connectivity index (χ0v) is 8.68. The van der Waals surface area contributed by atoms with Gasteiger partial charge in [0.25, 0.3) is 0 Å². The van der Waals surface area contributed by atoms with Crippen molar-refractivity contribution >= 4 is 48.4 Å². The Bertz CT molecular complexity index is 11.5. The van der Waals surface area contributed by atoms with Crippen LogP contribution in [0.5, 0.6) is 0 Å². The van der Waals surface area contributed by atoms with Crippen LogP contribution in [0.1, 0.15) is 0 Å². The summed E-state index contributed by atoms with van der Waals surface area (Å²) in [6.45, 7) is 0. The molecule has 0 aliphatic rings. The summed E-state index contributed by atoms with van der Waals surface area (Å²) in [4.78, 5) is 0. The molecule has 0 nitrogen and oxygen atoms in total. The average molecular weight is 358 g/mol. The van der Waals surface area contributed by atoms with E-state index in [4.69, 9.17) is 0 Å². The molecule has 0 aromatic rings. The fourth-order valence-electron chi connectivity index (χ4n) is 0. The molecule has 0 saturated carbocycles. The second kappa shape index (κ2) is 15.6. The minimum absolute atomic E-state index is 0.757. The Morgan fingerprint density at radius 2 is 1.17 bits per heavy atom. The van der Waals surface area contributed by atoms with Gasteiger partial charge in [-0.2, -0.15) is 0 Å². The van der Waals surface area contributed by atoms with Gasteiger partial charge in [-0.25, -0.2) is 0 Å². The van der Waals surface area contributed by atoms with Crippen LogP contribution in [-0.2, 0) is 24.5 Å². The molecule has 0 rings (SSSR count). The summed E-state index contributed by atoms with van der Waals surface area (Å²) < 4.78 is 0. The standard InChI is InChI=1S/2BrH.2ClH.2Cu/h4*1H;;/q;;;;2*+2/p-4. The van der Waals surface area contributed by atoms with Crippen LogP contribution in [0, 0.1) is 0 Å². The summed E-state index contributed by atoms with van der Waals surface area (Å²) in [6, 6.07) is 0. The Balaban J connectivity index is 0. The monoisotopic (exact) mass is 354 g/mol. The van der Waals surface area contributed by atoms with Gasteiger partial charge in [-0.1, -0.05) is 0 Å². The van der Waals surface area contributed by atoms with Crippen LogP contribution >= 0.6 is 48.4 Å². The normalized spacial score (nSPS) is 7.33. The Kier molecular flexibility index (Phi) is 29.7. The van der Waals surface area contributed by atoms with E-state index in [-0.39, 0.29) is 0 Å². The third-order valence-corrected chi connectivity index (χ3v) is 0. The van der Waals surface area contributed by atoms with E-state index in [1.807, 2.05) is 0 Å². The predicted octanol–water partition coefficient (Wildman–Crippen LogP) is 3.07. The molecule has 50 valence electrons. The first-order valence-electron chi connectivity index (χ1n) is 0.456. The SMILES string of the molecule is [Br][Cu][Br].[Cl][Cu][Cl]. The number of hydrogen-bond acceptors (Lipinski definition) is 0. The van der Waals surface area contributed by atoms with Crippen LogP contribution in [0.2, 0.25) is 0 Å². The molecule has 0 unspecified atom stereocenters. The van der Waals surface area contributed by atoms with Crippen molar-refractivity contribution in [2.45, 2.75) is 0 Å². The first kappa shape index (κ1) is 11.4. The van der Waals surface area contributed by atoms with Gasteiger partial charge in [-0.15, -0.1) is 0 Å². The van der Waals surface area contributed by atoms with Crippen LogP contribution in [0.25, 0.3) is 0 Å². The molecule has 0 aliphatic carbocycles. The maximum atomic E-state index is 4.67. The van der Waals surface area contributed by atoms with Crippen LogP contribution in [0.3, 0.4) is 0 Å². The van der Waals surface area contributed by atoms with Gasteiger partial charge in [0.2, 0.25) is 0 Å². The molecule has 0 radical (unpaired) electrons. The van der Waals surface area contributed by atoms with E-state index in [1.54, 1.807) is 0 Å². The van der Waals surface area contributed by atoms with Crippen molar-refractivity contribution in [3.63, 3.8) is 0 Å². The van der Waals surface area contributed by atoms with Crippen molar-refractivity contribution in [2.75, 3.05) is 0 Å². The molecule has 0 aliphatic heterocycles. The van der Waals surface area contributed by atoms with Crippen molar-refractivity contribution in [3.05, 3.63) is 0 Å². The van der Waals surface area contributed by atoms with Crippen LogP contribution in [0.4, 0.5) is 0 Å². The summed E-state index contributed by atoms with van der Waals surface area (Å²) in [6.07, 6.45) is 0. The third-order valence-electron chi connectivity index (χ3n) is 0. The Hall–Kier alpha value is 2.58. The van der Waals surface area contributed by atoms with E-state index in [0.717, 1.165) is 13.1 Å². The van der Waals surface area contributed by atoms with E-state index >= 15 is 0 Å². The topological polar surface area (TPSA) is 0 Å². The van der Waals surface area contributed by atoms with Crippen LogP contribution in [-0.4, -0.2) is 0 Å². The summed E-state index contributed by atoms with van der Waals surface area (Å²) in [5, 5.41) is 0. The number of halogens is 4. The van der Waals surface area contributed by atoms with E-state index in [1.165, 1.54) is 11.3 Å². The van der Waals surface area contributed by atoms with Gasteiger partial charge in [-0.05, 0) is 0 Å². The van der Waals surface area contributed by atoms with Crippen LogP contribution in [0.15, 0.2) is 0 Å². The summed E-state index contributed by atoms with van der Waals surface area (Å²) in [5.74, 6) is 0. The van der Waals surface area contributed by atoms with Crippen molar-refractivity contribution in [1.82, 2.24) is 0 Å². The average Bonchev–Trinajstić information content (AvgIpc) is 1.39. The van der Waals surface area contributed by atoms with Crippen LogP contribution < -0.4 is 0 Å². The number of hydrogen-bond donors (Lipinski definition) is 0. The minimum atomic E-state index is 0.757. The fourth-order valence-corrected chi connectivity index (χ4v) is 0. The molecule has 0 heterocycles. The molecule has 0 spiro atoms. The van der Waals surface area contributed by atoms with Gasteiger partial charge in [-0.3, -0.25) is 0 Å². The molecule has 0 N–H and O–H groups in total. The maximum absolute atomic E-state index is 4.67. The molecule has 6 heavy (non-hydrogen) atoms. The van der Waals surface area contributed by atoms with Gasteiger partial charge in [0.1, 0.15) is 0 Å². The zero-order chi connectivity index (χ0) is 5.41. The van der Waals surface area contributed by atoms with Gasteiger partial charge < -0.3 is 0 Å². The van der Waals surface area contributed by atoms with Crippen molar-refractivity contribution < 1.29 is 24.5 Å². The molecule has 0 bridgehead atoms. The molecule has 0 aromatic carbocycles. The first-order valence-corrected chi connectivity index (χ1v) is 7.70. The van der Waals surface area contributed by atoms with E-state index < -0.39 is 0 Å². The quantitative estimate of drug-likeness (QED) is 0.585. The fraction of sp³-hybridized carbons (Fsp3) is 0. The van der Waals surface area contributed by atoms with E-state index in [9.17, 15) is 0 Å². The van der Waals surface area contributed by atoms with Gasteiger partial charge in [0.15, 0.2) is 0 Å². The Morgan fingerprint density at radius 1 is 1.17 bits per heavy atom. The van der Waals surface area contributed by atoms with Crippen molar-refractivity contribution in [1.29, 1.82) is 0 Å². The molecule has 0 aromatic heterocycles. The van der Waals surface area contributed by atoms with Gasteiger partial charge >= 0.3 is 72.9 Å². The van der Waals surface area contributed by atoms with E-state index in [2.05, 4.69) is 48.4 Å². The summed E-state index contributed by atoms with van der Waals surface area (Å²) in [7, 11) is 9.34. The first-order chi connectivity index (χ1) is 2.83. The molecule has 0 atom stereocenters. The molecule has 0 amide bonds. The Morgan fingerprint density at radius 3 is 1.17 bits per heavy atom. The second-order valence-corrected chi connectivity index (χ2v) is 6.39. The molecular formula is Br2Cl2Cu2. The second-order valence-electron chi connectivity index (χ2n) is 0.0861.